The summed E-state index contributed by atoms with van der Waals surface area (Å²) in [4.78, 5) is 24.7. The van der Waals surface area contributed by atoms with Gasteiger partial charge in [0.1, 0.15) is 11.4 Å². The van der Waals surface area contributed by atoms with Crippen molar-refractivity contribution in [2.45, 2.75) is 11.7 Å². The number of rotatable bonds is 2. The number of thiol groups is 1. The highest BCUT2D eigenvalue weighted by atomic mass is 32.1. The number of carbonyl (C=O) groups is 2. The zero-order chi connectivity index (χ0) is 13.3. The molecule has 1 amide bonds. The molecule has 1 aliphatic rings. The van der Waals surface area contributed by atoms with E-state index in [1.165, 1.54) is 24.1 Å². The van der Waals surface area contributed by atoms with Crippen LogP contribution < -0.4 is 4.90 Å². The summed E-state index contributed by atoms with van der Waals surface area (Å²) in [6.45, 7) is 0.357. The van der Waals surface area contributed by atoms with Gasteiger partial charge in [0.05, 0.1) is 12.8 Å². The van der Waals surface area contributed by atoms with Crippen LogP contribution in [-0.2, 0) is 9.53 Å². The van der Waals surface area contributed by atoms with E-state index >= 15 is 0 Å². The van der Waals surface area contributed by atoms with E-state index in [-0.39, 0.29) is 28.8 Å². The summed E-state index contributed by atoms with van der Waals surface area (Å²) in [7, 11) is 1.17. The number of hydrogen-bond acceptors (Lipinski definition) is 4. The molecule has 1 aromatic carbocycles. The maximum absolute atomic E-state index is 13.7. The number of amides is 1. The number of anilines is 1. The van der Waals surface area contributed by atoms with Crippen molar-refractivity contribution in [2.75, 3.05) is 18.6 Å². The minimum atomic E-state index is -0.793. The Balaban J connectivity index is 2.48. The third-order valence-electron chi connectivity index (χ3n) is 2.78. The van der Waals surface area contributed by atoms with Crippen LogP contribution in [0.3, 0.4) is 0 Å². The van der Waals surface area contributed by atoms with Gasteiger partial charge in [-0.15, -0.1) is 0 Å². The van der Waals surface area contributed by atoms with Gasteiger partial charge in [0.15, 0.2) is 0 Å². The predicted octanol–water partition coefficient (Wildman–Crippen LogP) is 1.65. The Labute approximate surface area is 109 Å². The van der Waals surface area contributed by atoms with E-state index in [2.05, 4.69) is 17.4 Å². The monoisotopic (exact) mass is 269 g/mol. The highest BCUT2D eigenvalue weighted by Gasteiger charge is 2.32. The predicted molar refractivity (Wildman–Crippen MR) is 67.5 cm³/mol. The number of esters is 1. The van der Waals surface area contributed by atoms with Gasteiger partial charge >= 0.3 is 5.97 Å². The van der Waals surface area contributed by atoms with Gasteiger partial charge in [0.2, 0.25) is 5.91 Å². The van der Waals surface area contributed by atoms with Crippen molar-refractivity contribution >= 4 is 30.2 Å². The number of halogens is 1. The summed E-state index contributed by atoms with van der Waals surface area (Å²) < 4.78 is 18.3. The molecule has 0 N–H and O–H groups in total. The second kappa shape index (κ2) is 4.97. The van der Waals surface area contributed by atoms with Crippen LogP contribution in [0, 0.1) is 5.82 Å². The molecule has 4 nitrogen and oxygen atoms in total. The topological polar surface area (TPSA) is 46.6 Å². The first-order chi connectivity index (χ1) is 8.54. The van der Waals surface area contributed by atoms with E-state index in [4.69, 9.17) is 0 Å². The maximum atomic E-state index is 13.7. The molecule has 96 valence electrons. The Morgan fingerprint density at radius 2 is 2.28 bits per heavy atom. The summed E-state index contributed by atoms with van der Waals surface area (Å²) in [6.07, 6.45) is 0.278. The first-order valence-electron chi connectivity index (χ1n) is 5.40. The number of methoxy groups -OCH3 is 1. The third kappa shape index (κ3) is 2.20. The summed E-state index contributed by atoms with van der Waals surface area (Å²) in [6, 6.07) is 4.14. The number of benzene rings is 1. The van der Waals surface area contributed by atoms with Crippen LogP contribution in [-0.4, -0.2) is 30.8 Å². The molecule has 18 heavy (non-hydrogen) atoms. The van der Waals surface area contributed by atoms with Crippen LogP contribution >= 0.6 is 12.6 Å². The summed E-state index contributed by atoms with van der Waals surface area (Å²) in [5.74, 6) is -1.67. The highest BCUT2D eigenvalue weighted by molar-refractivity contribution is 7.81. The first-order valence-corrected chi connectivity index (χ1v) is 5.91. The van der Waals surface area contributed by atoms with Gasteiger partial charge in [-0.3, -0.25) is 4.79 Å². The van der Waals surface area contributed by atoms with E-state index in [1.807, 2.05) is 0 Å². The van der Waals surface area contributed by atoms with Gasteiger partial charge in [0, 0.05) is 18.2 Å². The Kier molecular flexibility index (Phi) is 3.56. The molecular weight excluding hydrogens is 257 g/mol. The molecule has 0 saturated carbocycles. The van der Waals surface area contributed by atoms with Crippen molar-refractivity contribution in [3.05, 3.63) is 29.6 Å². The zero-order valence-electron chi connectivity index (χ0n) is 9.72. The lowest BCUT2D eigenvalue weighted by atomic mass is 10.1. The molecule has 1 atom stereocenters. The number of carbonyl (C=O) groups excluding carboxylic acids is 2. The van der Waals surface area contributed by atoms with Crippen LogP contribution in [0.5, 0.6) is 0 Å². The van der Waals surface area contributed by atoms with Crippen LogP contribution in [0.2, 0.25) is 0 Å². The van der Waals surface area contributed by atoms with Gasteiger partial charge < -0.3 is 9.64 Å². The molecule has 0 radical (unpaired) electrons. The van der Waals surface area contributed by atoms with Crippen molar-refractivity contribution < 1.29 is 18.7 Å². The second-order valence-electron chi connectivity index (χ2n) is 3.99. The molecule has 1 heterocycles. The lowest BCUT2D eigenvalue weighted by Gasteiger charge is -2.19. The van der Waals surface area contributed by atoms with E-state index in [0.29, 0.717) is 6.54 Å². The lowest BCUT2D eigenvalue weighted by molar-refractivity contribution is -0.117. The van der Waals surface area contributed by atoms with E-state index in [0.717, 1.165) is 6.07 Å². The van der Waals surface area contributed by atoms with Crippen molar-refractivity contribution in [1.29, 1.82) is 0 Å². The summed E-state index contributed by atoms with van der Waals surface area (Å²) >= 11 is 4.22. The largest absolute Gasteiger partial charge is 0.465 e. The van der Waals surface area contributed by atoms with Gasteiger partial charge in [-0.2, -0.15) is 12.6 Å². The number of hydrogen-bond donors (Lipinski definition) is 1. The molecule has 0 spiro atoms. The zero-order valence-corrected chi connectivity index (χ0v) is 10.6. The van der Waals surface area contributed by atoms with Gasteiger partial charge in [-0.05, 0) is 12.1 Å². The maximum Gasteiger partial charge on any atom is 0.343 e. The molecule has 2 rings (SSSR count). The van der Waals surface area contributed by atoms with E-state index in [9.17, 15) is 14.0 Å². The lowest BCUT2D eigenvalue weighted by Crippen LogP contribution is -2.27. The van der Waals surface area contributed by atoms with Crippen molar-refractivity contribution in [3.8, 4) is 0 Å². The molecule has 0 aromatic heterocycles. The highest BCUT2D eigenvalue weighted by Crippen LogP contribution is 2.29. The van der Waals surface area contributed by atoms with Gasteiger partial charge in [-0.1, -0.05) is 6.07 Å². The Morgan fingerprint density at radius 1 is 1.56 bits per heavy atom. The van der Waals surface area contributed by atoms with Crippen LogP contribution in [0.15, 0.2) is 18.2 Å². The van der Waals surface area contributed by atoms with Crippen LogP contribution in [0.1, 0.15) is 16.8 Å². The Hall–Kier alpha value is -1.56. The van der Waals surface area contributed by atoms with E-state index in [1.54, 1.807) is 0 Å². The second-order valence-corrected chi connectivity index (χ2v) is 4.72. The normalized spacial score (nSPS) is 19.2. The summed E-state index contributed by atoms with van der Waals surface area (Å²) in [5.41, 5.74) is 0.0270. The minimum absolute atomic E-state index is 0.105. The molecule has 1 aliphatic heterocycles. The standard InChI is InChI=1S/C12H12FNO3S/c1-17-12(16)11-8(13)3-2-4-9(11)14-6-7(18)5-10(14)15/h2-4,7,18H,5-6H2,1H3. The average Bonchev–Trinajstić information content (AvgIpc) is 2.67. The number of ether oxygens (including phenoxy) is 1. The molecule has 1 aromatic rings. The SMILES string of the molecule is COC(=O)c1c(F)cccc1N1CC(S)CC1=O. The molecule has 1 saturated heterocycles. The van der Waals surface area contributed by atoms with Crippen molar-refractivity contribution in [1.82, 2.24) is 0 Å². The fourth-order valence-corrected chi connectivity index (χ4v) is 2.28. The fraction of sp³-hybridized carbons (Fsp3) is 0.333. The first kappa shape index (κ1) is 12.9. The van der Waals surface area contributed by atoms with Crippen LogP contribution in [0.25, 0.3) is 0 Å². The fourth-order valence-electron chi connectivity index (χ4n) is 1.96. The van der Waals surface area contributed by atoms with Gasteiger partial charge in [-0.25, -0.2) is 9.18 Å². The molecule has 0 bridgehead atoms. The molecule has 1 fully saturated rings. The van der Waals surface area contributed by atoms with Crippen LogP contribution in [0.4, 0.5) is 10.1 Å². The van der Waals surface area contributed by atoms with E-state index < -0.39 is 11.8 Å². The smallest absolute Gasteiger partial charge is 0.343 e. The molecule has 6 heteroatoms. The minimum Gasteiger partial charge on any atom is -0.465 e. The average molecular weight is 269 g/mol. The molecular formula is C12H12FNO3S. The number of nitrogens with zero attached hydrogens (tertiary/aromatic N) is 1. The Bertz CT molecular complexity index is 506. The third-order valence-corrected chi connectivity index (χ3v) is 3.12. The van der Waals surface area contributed by atoms with Crippen molar-refractivity contribution in [3.63, 3.8) is 0 Å². The van der Waals surface area contributed by atoms with Crippen molar-refractivity contribution in [2.24, 2.45) is 0 Å². The quantitative estimate of drug-likeness (QED) is 0.656. The Morgan fingerprint density at radius 3 is 2.83 bits per heavy atom. The van der Waals surface area contributed by atoms with Gasteiger partial charge in [0.25, 0.3) is 0 Å². The molecule has 1 unspecified atom stereocenters. The molecule has 0 aliphatic carbocycles. The summed E-state index contributed by atoms with van der Waals surface area (Å²) in [5, 5.41) is -0.105.